The summed E-state index contributed by atoms with van der Waals surface area (Å²) in [7, 11) is 0. The smallest absolute Gasteiger partial charge is 0.345 e. The van der Waals surface area contributed by atoms with Crippen LogP contribution in [0.5, 0.6) is 0 Å². The monoisotopic (exact) mass is 347 g/mol. The van der Waals surface area contributed by atoms with Gasteiger partial charge in [-0.15, -0.1) is 10.2 Å². The third-order valence-electron chi connectivity index (χ3n) is 3.34. The number of alkyl halides is 3. The van der Waals surface area contributed by atoms with Gasteiger partial charge < -0.3 is 10.3 Å². The van der Waals surface area contributed by atoms with Crippen LogP contribution in [0.4, 0.5) is 24.8 Å². The number of benzene rings is 1. The molecule has 0 unspecified atom stereocenters. The maximum absolute atomic E-state index is 13.2. The van der Waals surface area contributed by atoms with E-state index in [2.05, 4.69) is 45.9 Å². The first-order valence-corrected chi connectivity index (χ1v) is 6.88. The largest absolute Gasteiger partial charge is 0.418 e. The van der Waals surface area contributed by atoms with Crippen LogP contribution < -0.4 is 5.32 Å². The lowest BCUT2D eigenvalue weighted by Gasteiger charge is -2.11. The van der Waals surface area contributed by atoms with Gasteiger partial charge in [-0.1, -0.05) is 0 Å². The third kappa shape index (κ3) is 2.84. The fraction of sp³-hybridized carbons (Fsp3) is 0.0769. The third-order valence-corrected chi connectivity index (χ3v) is 3.34. The Morgan fingerprint density at radius 3 is 2.52 bits per heavy atom. The molecule has 4 aromatic rings. The number of rotatable bonds is 3. The molecule has 0 aliphatic heterocycles. The van der Waals surface area contributed by atoms with Crippen molar-refractivity contribution in [1.29, 1.82) is 0 Å². The van der Waals surface area contributed by atoms with Crippen molar-refractivity contribution >= 4 is 22.7 Å². The number of fused-ring (bicyclic) bond motifs is 1. The molecule has 25 heavy (non-hydrogen) atoms. The molecule has 0 radical (unpaired) electrons. The molecule has 0 aliphatic carbocycles. The van der Waals surface area contributed by atoms with Crippen molar-refractivity contribution in [3.63, 3.8) is 0 Å². The van der Waals surface area contributed by atoms with Gasteiger partial charge in [-0.2, -0.15) is 18.4 Å². The lowest BCUT2D eigenvalue weighted by Crippen LogP contribution is -2.07. The first-order chi connectivity index (χ1) is 12.0. The van der Waals surface area contributed by atoms with Crippen LogP contribution in [0.2, 0.25) is 0 Å². The molecule has 0 bridgehead atoms. The Balaban J connectivity index is 1.66. The standard InChI is InChI=1S/C13H8F3N9/c14-13(15,16)8-1-7(2-9-10(8)20-5-19-9)21-12-17-3-6(4-18-12)11-22-24-25-23-11/h1-5H,(H,19,20)(H,17,18,21)(H,22,23,24,25). The van der Waals surface area contributed by atoms with Gasteiger partial charge in [-0.3, -0.25) is 0 Å². The van der Waals surface area contributed by atoms with Crippen molar-refractivity contribution in [1.82, 2.24) is 40.6 Å². The second kappa shape index (κ2) is 5.51. The van der Waals surface area contributed by atoms with Crippen LogP contribution >= 0.6 is 0 Å². The van der Waals surface area contributed by atoms with Crippen LogP contribution in [0.3, 0.4) is 0 Å². The minimum absolute atomic E-state index is 0.124. The van der Waals surface area contributed by atoms with E-state index in [4.69, 9.17) is 0 Å². The Hall–Kier alpha value is -3.57. The number of nitrogens with one attached hydrogen (secondary N) is 3. The van der Waals surface area contributed by atoms with E-state index in [0.717, 1.165) is 6.07 Å². The van der Waals surface area contributed by atoms with Gasteiger partial charge in [0.25, 0.3) is 0 Å². The zero-order valence-corrected chi connectivity index (χ0v) is 12.2. The Bertz CT molecular complexity index is 1010. The van der Waals surface area contributed by atoms with Crippen molar-refractivity contribution in [2.75, 3.05) is 5.32 Å². The van der Waals surface area contributed by atoms with Gasteiger partial charge >= 0.3 is 6.18 Å². The highest BCUT2D eigenvalue weighted by Crippen LogP contribution is 2.36. The summed E-state index contributed by atoms with van der Waals surface area (Å²) in [5.41, 5.74) is -0.0555. The quantitative estimate of drug-likeness (QED) is 0.520. The van der Waals surface area contributed by atoms with Crippen molar-refractivity contribution < 1.29 is 13.2 Å². The number of imidazole rings is 1. The Morgan fingerprint density at radius 2 is 1.84 bits per heavy atom. The van der Waals surface area contributed by atoms with E-state index in [1.165, 1.54) is 24.8 Å². The molecule has 3 aromatic heterocycles. The zero-order valence-electron chi connectivity index (χ0n) is 12.2. The van der Waals surface area contributed by atoms with Crippen molar-refractivity contribution in [3.8, 4) is 11.4 Å². The average Bonchev–Trinajstić information content (AvgIpc) is 3.25. The Kier molecular flexibility index (Phi) is 3.30. The van der Waals surface area contributed by atoms with Gasteiger partial charge in [0.15, 0.2) is 0 Å². The number of H-pyrrole nitrogens is 2. The predicted molar refractivity (Wildman–Crippen MR) is 79.6 cm³/mol. The maximum atomic E-state index is 13.2. The van der Waals surface area contributed by atoms with E-state index in [-0.39, 0.29) is 22.7 Å². The number of halogens is 3. The molecule has 1 aromatic carbocycles. The van der Waals surface area contributed by atoms with Crippen molar-refractivity contribution in [2.45, 2.75) is 6.18 Å². The second-order valence-electron chi connectivity index (χ2n) is 4.98. The van der Waals surface area contributed by atoms with E-state index in [9.17, 15) is 13.2 Å². The molecule has 3 heterocycles. The normalized spacial score (nSPS) is 11.8. The molecule has 12 heteroatoms. The zero-order chi connectivity index (χ0) is 17.4. The van der Waals surface area contributed by atoms with Crippen LogP contribution in [-0.4, -0.2) is 40.6 Å². The van der Waals surface area contributed by atoms with E-state index >= 15 is 0 Å². The number of aromatic amines is 2. The summed E-state index contributed by atoms with van der Waals surface area (Å²) in [6.45, 7) is 0. The number of hydrogen-bond donors (Lipinski definition) is 3. The van der Waals surface area contributed by atoms with E-state index in [0.29, 0.717) is 11.4 Å². The summed E-state index contributed by atoms with van der Waals surface area (Å²) >= 11 is 0. The number of nitrogens with zero attached hydrogens (tertiary/aromatic N) is 6. The Morgan fingerprint density at radius 1 is 1.04 bits per heavy atom. The fourth-order valence-corrected chi connectivity index (χ4v) is 2.26. The summed E-state index contributed by atoms with van der Waals surface area (Å²) in [5.74, 6) is 0.434. The van der Waals surface area contributed by atoms with E-state index in [1.54, 1.807) is 0 Å². The first-order valence-electron chi connectivity index (χ1n) is 6.88. The minimum Gasteiger partial charge on any atom is -0.345 e. The molecule has 0 spiro atoms. The summed E-state index contributed by atoms with van der Waals surface area (Å²) < 4.78 is 39.6. The van der Waals surface area contributed by atoms with Crippen molar-refractivity contribution in [2.24, 2.45) is 0 Å². The molecular weight excluding hydrogens is 339 g/mol. The van der Waals surface area contributed by atoms with Gasteiger partial charge in [-0.05, 0) is 17.3 Å². The van der Waals surface area contributed by atoms with Crippen LogP contribution in [0.1, 0.15) is 5.56 Å². The summed E-state index contributed by atoms with van der Waals surface area (Å²) in [5, 5.41) is 16.0. The molecule has 0 amide bonds. The lowest BCUT2D eigenvalue weighted by molar-refractivity contribution is -0.136. The van der Waals surface area contributed by atoms with Gasteiger partial charge in [-0.25, -0.2) is 15.0 Å². The van der Waals surface area contributed by atoms with Crippen molar-refractivity contribution in [3.05, 3.63) is 36.4 Å². The average molecular weight is 347 g/mol. The van der Waals surface area contributed by atoms with Gasteiger partial charge in [0.05, 0.1) is 23.0 Å². The minimum atomic E-state index is -4.53. The fourth-order valence-electron chi connectivity index (χ4n) is 2.26. The molecule has 0 atom stereocenters. The lowest BCUT2D eigenvalue weighted by atomic mass is 10.1. The Labute approximate surface area is 136 Å². The first kappa shape index (κ1) is 15.0. The molecule has 0 aliphatic rings. The van der Waals surface area contributed by atoms with Crippen LogP contribution in [0.15, 0.2) is 30.9 Å². The van der Waals surface area contributed by atoms with E-state index < -0.39 is 11.7 Å². The topological polar surface area (TPSA) is 121 Å². The maximum Gasteiger partial charge on any atom is 0.418 e. The van der Waals surface area contributed by atoms with Gasteiger partial charge in [0.1, 0.15) is 5.52 Å². The number of hydrogen-bond acceptors (Lipinski definition) is 7. The highest BCUT2D eigenvalue weighted by molar-refractivity contribution is 5.83. The molecule has 3 N–H and O–H groups in total. The summed E-state index contributed by atoms with van der Waals surface area (Å²) in [6, 6.07) is 2.45. The number of tetrazole rings is 1. The highest BCUT2D eigenvalue weighted by Gasteiger charge is 2.34. The summed E-state index contributed by atoms with van der Waals surface area (Å²) in [6.07, 6.45) is -0.465. The van der Waals surface area contributed by atoms with Crippen LogP contribution in [0.25, 0.3) is 22.4 Å². The second-order valence-corrected chi connectivity index (χ2v) is 4.98. The van der Waals surface area contributed by atoms with Crippen LogP contribution in [0, 0.1) is 0 Å². The molecule has 9 nitrogen and oxygen atoms in total. The van der Waals surface area contributed by atoms with Gasteiger partial charge in [0.2, 0.25) is 11.8 Å². The molecular formula is C13H8F3N9. The van der Waals surface area contributed by atoms with Crippen LogP contribution in [-0.2, 0) is 6.18 Å². The molecule has 4 rings (SSSR count). The highest BCUT2D eigenvalue weighted by atomic mass is 19.4. The van der Waals surface area contributed by atoms with E-state index in [1.807, 2.05) is 0 Å². The molecule has 126 valence electrons. The summed E-state index contributed by atoms with van der Waals surface area (Å²) in [4.78, 5) is 14.5. The molecule has 0 saturated heterocycles. The number of anilines is 2. The number of aromatic nitrogens is 8. The predicted octanol–water partition coefficient (Wildman–Crippen LogP) is 2.30. The van der Waals surface area contributed by atoms with Gasteiger partial charge in [0, 0.05) is 18.1 Å². The molecule has 0 fully saturated rings. The SMILES string of the molecule is FC(F)(F)c1cc(Nc2ncc(-c3nn[nH]n3)cn2)cc2[nH]cnc12. The molecule has 0 saturated carbocycles.